The van der Waals surface area contributed by atoms with Gasteiger partial charge in [-0.25, -0.2) is 4.39 Å². The SMILES string of the molecule is C=CCOc1cccc(C2C(=C([O-])c3ccc(F)cc3)C(=O)C(=O)N2CC[NH+](C)C)c1. The first-order chi connectivity index (χ1) is 14.8. The Morgan fingerprint density at radius 2 is 1.94 bits per heavy atom. The van der Waals surface area contributed by atoms with Crippen molar-refractivity contribution in [2.75, 3.05) is 33.8 Å². The number of halogens is 1. The summed E-state index contributed by atoms with van der Waals surface area (Å²) in [4.78, 5) is 28.3. The number of ether oxygens (including phenoxy) is 1. The van der Waals surface area contributed by atoms with Gasteiger partial charge in [-0.1, -0.05) is 42.7 Å². The molecule has 1 saturated heterocycles. The van der Waals surface area contributed by atoms with Crippen molar-refractivity contribution in [3.05, 3.63) is 83.7 Å². The van der Waals surface area contributed by atoms with Crippen LogP contribution in [0.5, 0.6) is 5.75 Å². The molecule has 3 rings (SSSR count). The fourth-order valence-electron chi connectivity index (χ4n) is 3.48. The lowest BCUT2D eigenvalue weighted by molar-refractivity contribution is -0.857. The fraction of sp³-hybridized carbons (Fsp3) is 0.250. The van der Waals surface area contributed by atoms with Crippen LogP contribution >= 0.6 is 0 Å². The fourth-order valence-corrected chi connectivity index (χ4v) is 3.48. The summed E-state index contributed by atoms with van der Waals surface area (Å²) < 4.78 is 18.9. The van der Waals surface area contributed by atoms with Crippen molar-refractivity contribution in [3.8, 4) is 5.75 Å². The Bertz CT molecular complexity index is 1010. The van der Waals surface area contributed by atoms with Gasteiger partial charge in [0.15, 0.2) is 0 Å². The number of likely N-dealkylation sites (N-methyl/N-ethyl adjacent to an activating group) is 1. The molecule has 1 aliphatic rings. The number of likely N-dealkylation sites (tertiary alicyclic amines) is 1. The number of nitrogens with one attached hydrogen (secondary N) is 1. The predicted octanol–water partition coefficient (Wildman–Crippen LogP) is 0.759. The second-order valence-electron chi connectivity index (χ2n) is 7.61. The van der Waals surface area contributed by atoms with Gasteiger partial charge in [0, 0.05) is 5.57 Å². The lowest BCUT2D eigenvalue weighted by Crippen LogP contribution is -3.06. The first kappa shape index (κ1) is 22.2. The van der Waals surface area contributed by atoms with E-state index in [1.54, 1.807) is 30.3 Å². The van der Waals surface area contributed by atoms with Crippen LogP contribution in [0, 0.1) is 5.82 Å². The average Bonchev–Trinajstić information content (AvgIpc) is 3.01. The van der Waals surface area contributed by atoms with Crippen LogP contribution in [0.4, 0.5) is 4.39 Å². The van der Waals surface area contributed by atoms with Gasteiger partial charge < -0.3 is 19.6 Å². The molecule has 1 fully saturated rings. The minimum absolute atomic E-state index is 0.133. The number of nitrogens with zero attached hydrogens (tertiary/aromatic N) is 1. The third kappa shape index (κ3) is 4.83. The molecule has 0 radical (unpaired) electrons. The van der Waals surface area contributed by atoms with Crippen molar-refractivity contribution in [1.29, 1.82) is 0 Å². The monoisotopic (exact) mass is 424 g/mol. The van der Waals surface area contributed by atoms with E-state index >= 15 is 0 Å². The summed E-state index contributed by atoms with van der Waals surface area (Å²) in [6, 6.07) is 11.1. The lowest BCUT2D eigenvalue weighted by Gasteiger charge is -2.28. The summed E-state index contributed by atoms with van der Waals surface area (Å²) in [7, 11) is 3.88. The molecule has 1 amide bonds. The minimum atomic E-state index is -0.843. The Labute approximate surface area is 180 Å². The molecule has 1 N–H and O–H groups in total. The van der Waals surface area contributed by atoms with Crippen LogP contribution in [0.25, 0.3) is 5.76 Å². The summed E-state index contributed by atoms with van der Waals surface area (Å²) in [6.45, 7) is 4.82. The number of amides is 1. The highest BCUT2D eigenvalue weighted by atomic mass is 19.1. The van der Waals surface area contributed by atoms with E-state index in [1.807, 2.05) is 14.1 Å². The summed E-state index contributed by atoms with van der Waals surface area (Å²) in [5, 5.41) is 13.2. The maximum Gasteiger partial charge on any atom is 0.295 e. The zero-order chi connectivity index (χ0) is 22.5. The van der Waals surface area contributed by atoms with Crippen molar-refractivity contribution >= 4 is 17.4 Å². The van der Waals surface area contributed by atoms with Crippen LogP contribution in [0.3, 0.4) is 0 Å². The molecule has 31 heavy (non-hydrogen) atoms. The second kappa shape index (κ2) is 9.57. The quantitative estimate of drug-likeness (QED) is 0.294. The number of hydrogen-bond acceptors (Lipinski definition) is 4. The predicted molar refractivity (Wildman–Crippen MR) is 113 cm³/mol. The van der Waals surface area contributed by atoms with E-state index in [1.165, 1.54) is 17.0 Å². The molecule has 1 atom stereocenters. The Morgan fingerprint density at radius 1 is 1.23 bits per heavy atom. The van der Waals surface area contributed by atoms with E-state index in [-0.39, 0.29) is 11.1 Å². The Balaban J connectivity index is 2.12. The number of rotatable bonds is 8. The van der Waals surface area contributed by atoms with E-state index in [0.717, 1.165) is 17.0 Å². The summed E-state index contributed by atoms with van der Waals surface area (Å²) in [6.07, 6.45) is 1.61. The minimum Gasteiger partial charge on any atom is -0.872 e. The van der Waals surface area contributed by atoms with Crippen LogP contribution in [-0.4, -0.2) is 50.4 Å². The first-order valence-corrected chi connectivity index (χ1v) is 9.98. The van der Waals surface area contributed by atoms with Crippen LogP contribution in [-0.2, 0) is 9.59 Å². The van der Waals surface area contributed by atoms with Gasteiger partial charge in [0.05, 0.1) is 33.2 Å². The van der Waals surface area contributed by atoms with E-state index in [2.05, 4.69) is 6.58 Å². The molecule has 6 nitrogen and oxygen atoms in total. The molecule has 0 aromatic heterocycles. The molecule has 1 heterocycles. The zero-order valence-electron chi connectivity index (χ0n) is 17.6. The van der Waals surface area contributed by atoms with E-state index < -0.39 is 29.3 Å². The van der Waals surface area contributed by atoms with Crippen LogP contribution in [0.15, 0.2) is 66.8 Å². The van der Waals surface area contributed by atoms with Gasteiger partial charge in [0.25, 0.3) is 5.91 Å². The molecule has 2 aromatic rings. The highest BCUT2D eigenvalue weighted by Gasteiger charge is 2.44. The molecular weight excluding hydrogens is 399 g/mol. The Kier molecular flexibility index (Phi) is 6.87. The van der Waals surface area contributed by atoms with E-state index in [0.29, 0.717) is 31.0 Å². The van der Waals surface area contributed by atoms with Gasteiger partial charge in [-0.05, 0) is 35.4 Å². The molecule has 0 saturated carbocycles. The molecule has 0 aliphatic carbocycles. The normalized spacial score (nSPS) is 17.9. The van der Waals surface area contributed by atoms with Crippen molar-refractivity contribution < 1.29 is 28.7 Å². The van der Waals surface area contributed by atoms with Crippen molar-refractivity contribution in [2.45, 2.75) is 6.04 Å². The highest BCUT2D eigenvalue weighted by Crippen LogP contribution is 2.39. The lowest BCUT2D eigenvalue weighted by atomic mass is 9.95. The van der Waals surface area contributed by atoms with Crippen molar-refractivity contribution in [2.24, 2.45) is 0 Å². The topological polar surface area (TPSA) is 74.1 Å². The number of hydrogen-bond donors (Lipinski definition) is 1. The third-order valence-corrected chi connectivity index (χ3v) is 5.03. The van der Waals surface area contributed by atoms with Crippen molar-refractivity contribution in [1.82, 2.24) is 4.90 Å². The van der Waals surface area contributed by atoms with Crippen molar-refractivity contribution in [3.63, 3.8) is 0 Å². The molecule has 2 aromatic carbocycles. The zero-order valence-corrected chi connectivity index (χ0v) is 17.6. The van der Waals surface area contributed by atoms with Gasteiger partial charge in [-0.15, -0.1) is 0 Å². The molecule has 162 valence electrons. The van der Waals surface area contributed by atoms with Gasteiger partial charge in [0.1, 0.15) is 18.2 Å². The molecular formula is C24H25FN2O4. The number of carbonyl (C=O) groups excluding carboxylic acids is 2. The second-order valence-corrected chi connectivity index (χ2v) is 7.61. The van der Waals surface area contributed by atoms with Gasteiger partial charge >= 0.3 is 0 Å². The standard InChI is InChI=1S/C24H25FN2O4/c1-4-14-31-19-7-5-6-17(15-19)21-20(22(28)16-8-10-18(25)11-9-16)23(29)24(30)27(21)13-12-26(2)3/h4-11,15,21,28H,1,12-14H2,2-3H3. The molecule has 1 aliphatic heterocycles. The average molecular weight is 424 g/mol. The molecule has 7 heteroatoms. The molecule has 0 bridgehead atoms. The number of carbonyl (C=O) groups is 2. The summed E-state index contributed by atoms with van der Waals surface area (Å²) >= 11 is 0. The number of benzene rings is 2. The van der Waals surface area contributed by atoms with E-state index in [9.17, 15) is 19.1 Å². The highest BCUT2D eigenvalue weighted by molar-refractivity contribution is 6.46. The first-order valence-electron chi connectivity index (χ1n) is 9.98. The number of Topliss-reactive ketones (excluding diaryl/α,β-unsaturated/α-hetero) is 1. The molecule has 1 unspecified atom stereocenters. The summed E-state index contributed by atoms with van der Waals surface area (Å²) in [5.74, 6) is -2.08. The Morgan fingerprint density at radius 3 is 2.58 bits per heavy atom. The van der Waals surface area contributed by atoms with E-state index in [4.69, 9.17) is 4.74 Å². The van der Waals surface area contributed by atoms with Gasteiger partial charge in [-0.2, -0.15) is 0 Å². The van der Waals surface area contributed by atoms with Crippen LogP contribution < -0.4 is 14.7 Å². The molecule has 0 spiro atoms. The third-order valence-electron chi connectivity index (χ3n) is 5.03. The number of ketones is 1. The van der Waals surface area contributed by atoms with Gasteiger partial charge in [-0.3, -0.25) is 9.59 Å². The van der Waals surface area contributed by atoms with Crippen LogP contribution in [0.2, 0.25) is 0 Å². The maximum absolute atomic E-state index is 13.3. The summed E-state index contributed by atoms with van der Waals surface area (Å²) in [5.41, 5.74) is 0.618. The largest absolute Gasteiger partial charge is 0.872 e. The number of quaternary nitrogens is 1. The van der Waals surface area contributed by atoms with Gasteiger partial charge in [0.2, 0.25) is 5.78 Å². The van der Waals surface area contributed by atoms with Crippen LogP contribution in [0.1, 0.15) is 17.2 Å². The Hall–Kier alpha value is -3.45. The maximum atomic E-state index is 13.3. The smallest absolute Gasteiger partial charge is 0.295 e.